The van der Waals surface area contributed by atoms with Crippen LogP contribution in [-0.2, 0) is 4.79 Å². The molecule has 0 saturated carbocycles. The predicted octanol–water partition coefficient (Wildman–Crippen LogP) is 0.518. The molecule has 0 spiro atoms. The van der Waals surface area contributed by atoms with E-state index in [1.807, 2.05) is 6.26 Å². The van der Waals surface area contributed by atoms with E-state index in [1.165, 1.54) is 16.7 Å². The van der Waals surface area contributed by atoms with Gasteiger partial charge in [0.15, 0.2) is 0 Å². The van der Waals surface area contributed by atoms with Gasteiger partial charge in [0, 0.05) is 18.1 Å². The van der Waals surface area contributed by atoms with E-state index in [4.69, 9.17) is 5.11 Å². The van der Waals surface area contributed by atoms with E-state index >= 15 is 0 Å². The zero-order chi connectivity index (χ0) is 11.3. The van der Waals surface area contributed by atoms with Gasteiger partial charge in [-0.3, -0.25) is 0 Å². The minimum Gasteiger partial charge on any atom is -0.480 e. The molecular weight excluding hydrogens is 236 g/mol. The van der Waals surface area contributed by atoms with Crippen LogP contribution in [0.3, 0.4) is 0 Å². The number of urea groups is 1. The predicted molar refractivity (Wildman–Crippen MR) is 62.4 cm³/mol. The molecule has 1 unspecified atom stereocenters. The zero-order valence-electron chi connectivity index (χ0n) is 8.43. The van der Waals surface area contributed by atoms with Gasteiger partial charge in [0.1, 0.15) is 6.04 Å². The fraction of sp³-hybridized carbons (Fsp3) is 0.750. The second-order valence-corrected chi connectivity index (χ2v) is 5.03. The topological polar surface area (TPSA) is 69.6 Å². The third-order valence-corrected chi connectivity index (χ3v) is 3.64. The van der Waals surface area contributed by atoms with Crippen LogP contribution in [0.25, 0.3) is 0 Å². The molecule has 0 aliphatic carbocycles. The maximum atomic E-state index is 11.6. The van der Waals surface area contributed by atoms with E-state index in [9.17, 15) is 9.59 Å². The first-order valence-corrected chi connectivity index (χ1v) is 7.05. The fourth-order valence-electron chi connectivity index (χ4n) is 1.21. The van der Waals surface area contributed by atoms with Crippen molar-refractivity contribution in [3.05, 3.63) is 0 Å². The minimum atomic E-state index is -0.931. The van der Waals surface area contributed by atoms with Crippen LogP contribution in [0.2, 0.25) is 0 Å². The third-order valence-electron chi connectivity index (χ3n) is 2.01. The maximum absolute atomic E-state index is 11.6. The van der Waals surface area contributed by atoms with Crippen molar-refractivity contribution in [2.75, 3.05) is 30.2 Å². The second-order valence-electron chi connectivity index (χ2n) is 3.05. The number of carbonyl (C=O) groups excluding carboxylic acids is 1. The molecule has 86 valence electrons. The number of thioether (sulfide) groups is 2. The Morgan fingerprint density at radius 2 is 2.40 bits per heavy atom. The number of nitrogens with zero attached hydrogens (tertiary/aromatic N) is 1. The Hall–Kier alpha value is -0.560. The van der Waals surface area contributed by atoms with E-state index in [1.54, 1.807) is 11.8 Å². The molecule has 15 heavy (non-hydrogen) atoms. The summed E-state index contributed by atoms with van der Waals surface area (Å²) < 4.78 is 0. The Labute approximate surface area is 97.0 Å². The highest BCUT2D eigenvalue weighted by Gasteiger charge is 2.34. The van der Waals surface area contributed by atoms with Crippen LogP contribution < -0.4 is 5.32 Å². The van der Waals surface area contributed by atoms with Gasteiger partial charge >= 0.3 is 12.0 Å². The number of hydrogen-bond donors (Lipinski definition) is 2. The second kappa shape index (κ2) is 6.12. The van der Waals surface area contributed by atoms with E-state index in [0.717, 1.165) is 5.75 Å². The molecular formula is C8H14N2O3S2. The summed E-state index contributed by atoms with van der Waals surface area (Å²) in [6.07, 6.45) is 1.96. The molecule has 0 radical (unpaired) electrons. The van der Waals surface area contributed by atoms with Crippen molar-refractivity contribution in [2.45, 2.75) is 6.04 Å². The number of nitrogens with one attached hydrogen (secondary N) is 1. The molecule has 0 aromatic carbocycles. The smallest absolute Gasteiger partial charge is 0.327 e. The lowest BCUT2D eigenvalue weighted by Gasteiger charge is -2.20. The highest BCUT2D eigenvalue weighted by molar-refractivity contribution is 7.99. The number of carboxylic acid groups (broad SMARTS) is 1. The Morgan fingerprint density at radius 1 is 1.67 bits per heavy atom. The molecule has 0 aromatic heterocycles. The van der Waals surface area contributed by atoms with Crippen LogP contribution in [0.5, 0.6) is 0 Å². The minimum absolute atomic E-state index is 0.276. The molecule has 2 N–H and O–H groups in total. The molecule has 1 saturated heterocycles. The first-order chi connectivity index (χ1) is 7.16. The summed E-state index contributed by atoms with van der Waals surface area (Å²) >= 11 is 3.10. The summed E-state index contributed by atoms with van der Waals surface area (Å²) in [4.78, 5) is 23.7. The average Bonchev–Trinajstić information content (AvgIpc) is 2.66. The highest BCUT2D eigenvalue weighted by atomic mass is 32.2. The van der Waals surface area contributed by atoms with Crippen molar-refractivity contribution in [2.24, 2.45) is 0 Å². The monoisotopic (exact) mass is 250 g/mol. The summed E-state index contributed by atoms with van der Waals surface area (Å²) in [5.74, 6) is 0.845. The van der Waals surface area contributed by atoms with Crippen LogP contribution in [0.15, 0.2) is 0 Å². The normalized spacial score (nSPS) is 20.3. The van der Waals surface area contributed by atoms with Crippen molar-refractivity contribution in [3.63, 3.8) is 0 Å². The first-order valence-electron chi connectivity index (χ1n) is 4.50. The molecule has 0 aromatic rings. The number of hydrogen-bond acceptors (Lipinski definition) is 4. The SMILES string of the molecule is CSCCNC(=O)N1CSCC1C(=O)O. The molecule has 5 nitrogen and oxygen atoms in total. The maximum Gasteiger partial charge on any atom is 0.327 e. The number of amides is 2. The van der Waals surface area contributed by atoms with Gasteiger partial charge in [-0.25, -0.2) is 9.59 Å². The molecule has 1 heterocycles. The van der Waals surface area contributed by atoms with Gasteiger partial charge in [-0.05, 0) is 6.26 Å². The van der Waals surface area contributed by atoms with Crippen molar-refractivity contribution in [1.82, 2.24) is 10.2 Å². The average molecular weight is 250 g/mol. The van der Waals surface area contributed by atoms with Gasteiger partial charge in [0.2, 0.25) is 0 Å². The fourth-order valence-corrected chi connectivity index (χ4v) is 2.66. The lowest BCUT2D eigenvalue weighted by atomic mass is 10.3. The number of carbonyl (C=O) groups is 2. The number of rotatable bonds is 4. The first kappa shape index (κ1) is 12.5. The van der Waals surface area contributed by atoms with E-state index < -0.39 is 12.0 Å². The van der Waals surface area contributed by atoms with E-state index in [0.29, 0.717) is 18.2 Å². The third kappa shape index (κ3) is 3.49. The summed E-state index contributed by atoms with van der Waals surface area (Å²) in [5, 5.41) is 11.6. The summed E-state index contributed by atoms with van der Waals surface area (Å²) in [6, 6.07) is -0.953. The van der Waals surface area contributed by atoms with Gasteiger partial charge in [-0.1, -0.05) is 0 Å². The Kier molecular flexibility index (Phi) is 5.10. The molecule has 1 fully saturated rings. The molecule has 1 rings (SSSR count). The highest BCUT2D eigenvalue weighted by Crippen LogP contribution is 2.20. The molecule has 0 bridgehead atoms. The van der Waals surface area contributed by atoms with Crippen LogP contribution in [-0.4, -0.2) is 58.2 Å². The zero-order valence-corrected chi connectivity index (χ0v) is 10.1. The lowest BCUT2D eigenvalue weighted by molar-refractivity contribution is -0.140. The van der Waals surface area contributed by atoms with E-state index in [2.05, 4.69) is 5.32 Å². The van der Waals surface area contributed by atoms with Crippen molar-refractivity contribution < 1.29 is 14.7 Å². The largest absolute Gasteiger partial charge is 0.480 e. The van der Waals surface area contributed by atoms with Gasteiger partial charge in [0.05, 0.1) is 5.88 Å². The quantitative estimate of drug-likeness (QED) is 0.712. The summed E-state index contributed by atoms with van der Waals surface area (Å²) in [7, 11) is 0. The van der Waals surface area contributed by atoms with Crippen molar-refractivity contribution in [3.8, 4) is 0 Å². The van der Waals surface area contributed by atoms with Gasteiger partial charge in [-0.15, -0.1) is 11.8 Å². The Balaban J connectivity index is 2.40. The Bertz CT molecular complexity index is 250. The standard InChI is InChI=1S/C8H14N2O3S2/c1-14-3-2-9-8(13)10-5-15-4-6(10)7(11)12/h6H,2-5H2,1H3,(H,9,13)(H,11,12). The van der Waals surface area contributed by atoms with Crippen LogP contribution >= 0.6 is 23.5 Å². The lowest BCUT2D eigenvalue weighted by Crippen LogP contribution is -2.47. The number of carboxylic acids is 1. The van der Waals surface area contributed by atoms with Gasteiger partial charge in [0.25, 0.3) is 0 Å². The van der Waals surface area contributed by atoms with Crippen LogP contribution in [0.1, 0.15) is 0 Å². The number of aliphatic carboxylic acids is 1. The molecule has 1 aliphatic heterocycles. The van der Waals surface area contributed by atoms with Gasteiger partial charge in [-0.2, -0.15) is 11.8 Å². The van der Waals surface area contributed by atoms with Crippen LogP contribution in [0, 0.1) is 0 Å². The molecule has 1 atom stereocenters. The molecule has 1 aliphatic rings. The van der Waals surface area contributed by atoms with Crippen LogP contribution in [0.4, 0.5) is 4.79 Å². The van der Waals surface area contributed by atoms with Crippen molar-refractivity contribution in [1.29, 1.82) is 0 Å². The van der Waals surface area contributed by atoms with E-state index in [-0.39, 0.29) is 6.03 Å². The van der Waals surface area contributed by atoms with Gasteiger partial charge < -0.3 is 15.3 Å². The Morgan fingerprint density at radius 3 is 3.00 bits per heavy atom. The summed E-state index contributed by atoms with van der Waals surface area (Å²) in [5.41, 5.74) is 0. The summed E-state index contributed by atoms with van der Waals surface area (Å²) in [6.45, 7) is 0.577. The molecule has 7 heteroatoms. The van der Waals surface area contributed by atoms with Crippen molar-refractivity contribution >= 4 is 35.5 Å². The molecule has 2 amide bonds.